The van der Waals surface area contributed by atoms with Gasteiger partial charge < -0.3 is 5.32 Å². The van der Waals surface area contributed by atoms with E-state index in [0.717, 1.165) is 35.0 Å². The van der Waals surface area contributed by atoms with E-state index in [4.69, 9.17) is 11.6 Å². The Labute approximate surface area is 169 Å². The van der Waals surface area contributed by atoms with Crippen LogP contribution in [0.25, 0.3) is 10.2 Å². The van der Waals surface area contributed by atoms with Crippen LogP contribution in [-0.2, 0) is 24.7 Å². The Morgan fingerprint density at radius 3 is 3.00 bits per heavy atom. The van der Waals surface area contributed by atoms with Gasteiger partial charge in [-0.1, -0.05) is 29.4 Å². The number of carbonyl (C=O) groups excluding carboxylic acids is 1. The molecule has 0 spiro atoms. The molecule has 0 atom stereocenters. The van der Waals surface area contributed by atoms with Gasteiger partial charge in [0.15, 0.2) is 5.16 Å². The van der Waals surface area contributed by atoms with Crippen molar-refractivity contribution in [2.75, 3.05) is 11.1 Å². The summed E-state index contributed by atoms with van der Waals surface area (Å²) in [4.78, 5) is 31.8. The zero-order valence-corrected chi connectivity index (χ0v) is 17.4. The number of hydrogen-bond acceptors (Lipinski definition) is 5. The zero-order chi connectivity index (χ0) is 19.1. The van der Waals surface area contributed by atoms with Crippen molar-refractivity contribution in [3.63, 3.8) is 0 Å². The molecule has 140 valence electrons. The molecule has 8 heteroatoms. The van der Waals surface area contributed by atoms with E-state index in [2.05, 4.69) is 10.3 Å². The minimum atomic E-state index is -0.186. The molecule has 1 aliphatic carbocycles. The molecule has 3 aromatic rings. The summed E-state index contributed by atoms with van der Waals surface area (Å²) in [5, 5.41) is 4.63. The lowest BCUT2D eigenvalue weighted by Gasteiger charge is -2.09. The largest absolute Gasteiger partial charge is 0.324 e. The van der Waals surface area contributed by atoms with Crippen molar-refractivity contribution in [1.82, 2.24) is 9.55 Å². The minimum absolute atomic E-state index is 0.0242. The molecule has 1 N–H and O–H groups in total. The SMILES string of the molecule is Cc1ccc(NC(=O)CSc2nc3sc4c(c3c(=O)n2C)CCC4)c(Cl)c1. The highest BCUT2D eigenvalue weighted by Gasteiger charge is 2.22. The van der Waals surface area contributed by atoms with Gasteiger partial charge in [-0.15, -0.1) is 11.3 Å². The van der Waals surface area contributed by atoms with Crippen molar-refractivity contribution >= 4 is 56.5 Å². The normalized spacial score (nSPS) is 13.1. The van der Waals surface area contributed by atoms with Gasteiger partial charge in [-0.05, 0) is 49.4 Å². The number of aromatic nitrogens is 2. The van der Waals surface area contributed by atoms with E-state index in [0.29, 0.717) is 15.9 Å². The van der Waals surface area contributed by atoms with Crippen LogP contribution in [0.15, 0.2) is 28.2 Å². The van der Waals surface area contributed by atoms with Gasteiger partial charge in [0, 0.05) is 11.9 Å². The first-order valence-electron chi connectivity index (χ1n) is 8.64. The van der Waals surface area contributed by atoms with Gasteiger partial charge in [-0.3, -0.25) is 14.2 Å². The number of halogens is 1. The summed E-state index contributed by atoms with van der Waals surface area (Å²) in [6.45, 7) is 1.94. The van der Waals surface area contributed by atoms with Gasteiger partial charge >= 0.3 is 0 Å². The molecule has 0 bridgehead atoms. The summed E-state index contributed by atoms with van der Waals surface area (Å²) in [5.41, 5.74) is 2.76. The van der Waals surface area contributed by atoms with Crippen LogP contribution in [0.1, 0.15) is 22.4 Å². The average Bonchev–Trinajstić information content (AvgIpc) is 3.20. The lowest BCUT2D eigenvalue weighted by atomic mass is 10.2. The molecule has 0 aliphatic heterocycles. The number of carbonyl (C=O) groups is 1. The number of amides is 1. The van der Waals surface area contributed by atoms with Gasteiger partial charge in [-0.2, -0.15) is 0 Å². The summed E-state index contributed by atoms with van der Waals surface area (Å²) in [6.07, 6.45) is 3.10. The smallest absolute Gasteiger partial charge is 0.262 e. The number of benzene rings is 1. The second-order valence-electron chi connectivity index (χ2n) is 6.62. The summed E-state index contributed by atoms with van der Waals surface area (Å²) in [5.74, 6) is -0.0325. The molecular weight excluding hydrogens is 402 g/mol. The van der Waals surface area contributed by atoms with E-state index in [1.54, 1.807) is 35.1 Å². The second kappa shape index (κ2) is 7.30. The maximum absolute atomic E-state index is 12.8. The lowest BCUT2D eigenvalue weighted by molar-refractivity contribution is -0.113. The molecule has 5 nitrogen and oxygen atoms in total. The number of hydrogen-bond donors (Lipinski definition) is 1. The predicted molar refractivity (Wildman–Crippen MR) is 112 cm³/mol. The summed E-state index contributed by atoms with van der Waals surface area (Å²) < 4.78 is 1.55. The fraction of sp³-hybridized carbons (Fsp3) is 0.316. The van der Waals surface area contributed by atoms with Crippen molar-refractivity contribution in [2.45, 2.75) is 31.3 Å². The Morgan fingerprint density at radius 2 is 2.22 bits per heavy atom. The molecular formula is C19H18ClN3O2S2. The summed E-state index contributed by atoms with van der Waals surface area (Å²) in [7, 11) is 1.71. The van der Waals surface area contributed by atoms with Crippen LogP contribution >= 0.6 is 34.7 Å². The number of anilines is 1. The Hall–Kier alpha value is -1.83. The number of fused-ring (bicyclic) bond motifs is 3. The molecule has 0 saturated carbocycles. The van der Waals surface area contributed by atoms with Crippen LogP contribution in [0.3, 0.4) is 0 Å². The van der Waals surface area contributed by atoms with Crippen molar-refractivity contribution in [3.05, 3.63) is 49.6 Å². The van der Waals surface area contributed by atoms with E-state index in [1.165, 1.54) is 22.2 Å². The number of thiophene rings is 1. The average molecular weight is 420 g/mol. The van der Waals surface area contributed by atoms with Crippen LogP contribution in [-0.4, -0.2) is 21.2 Å². The number of aryl methyl sites for hydroxylation is 3. The maximum atomic E-state index is 12.8. The number of nitrogens with zero attached hydrogens (tertiary/aromatic N) is 2. The first-order valence-corrected chi connectivity index (χ1v) is 10.8. The molecule has 1 amide bonds. The molecule has 4 rings (SSSR count). The first kappa shape index (κ1) is 18.5. The maximum Gasteiger partial charge on any atom is 0.262 e. The molecule has 0 radical (unpaired) electrons. The van der Waals surface area contributed by atoms with Gasteiger partial charge in [0.2, 0.25) is 5.91 Å². The van der Waals surface area contributed by atoms with Crippen molar-refractivity contribution in [1.29, 1.82) is 0 Å². The molecule has 2 aromatic heterocycles. The third-order valence-electron chi connectivity index (χ3n) is 4.64. The van der Waals surface area contributed by atoms with Gasteiger partial charge in [-0.25, -0.2) is 4.98 Å². The molecule has 0 unspecified atom stereocenters. The van der Waals surface area contributed by atoms with Crippen LogP contribution in [0.2, 0.25) is 5.02 Å². The zero-order valence-electron chi connectivity index (χ0n) is 15.0. The van der Waals surface area contributed by atoms with Crippen molar-refractivity contribution in [3.8, 4) is 0 Å². The van der Waals surface area contributed by atoms with Gasteiger partial charge in [0.05, 0.1) is 21.8 Å². The fourth-order valence-electron chi connectivity index (χ4n) is 3.27. The lowest BCUT2D eigenvalue weighted by Crippen LogP contribution is -2.21. The third-order valence-corrected chi connectivity index (χ3v) is 7.16. The summed E-state index contributed by atoms with van der Waals surface area (Å²) in [6, 6.07) is 5.48. The highest BCUT2D eigenvalue weighted by atomic mass is 35.5. The topological polar surface area (TPSA) is 64.0 Å². The highest BCUT2D eigenvalue weighted by molar-refractivity contribution is 7.99. The fourth-order valence-corrected chi connectivity index (χ4v) is 5.63. The number of nitrogens with one attached hydrogen (secondary N) is 1. The Kier molecular flexibility index (Phi) is 5.01. The standard InChI is InChI=1S/C19H18ClN3O2S2/c1-10-6-7-13(12(20)8-10)21-15(24)9-26-19-22-17-16(18(25)23(19)2)11-4-3-5-14(11)27-17/h6-8H,3-5,9H2,1-2H3,(H,21,24). The van der Waals surface area contributed by atoms with E-state index in [9.17, 15) is 9.59 Å². The Bertz CT molecular complexity index is 1120. The molecule has 27 heavy (non-hydrogen) atoms. The molecule has 0 fully saturated rings. The summed E-state index contributed by atoms with van der Waals surface area (Å²) >= 11 is 9.02. The van der Waals surface area contributed by atoms with E-state index in [1.807, 2.05) is 13.0 Å². The Morgan fingerprint density at radius 1 is 1.41 bits per heavy atom. The second-order valence-corrected chi connectivity index (χ2v) is 9.05. The van der Waals surface area contributed by atoms with Crippen molar-refractivity contribution < 1.29 is 4.79 Å². The van der Waals surface area contributed by atoms with Crippen LogP contribution in [0.5, 0.6) is 0 Å². The highest BCUT2D eigenvalue weighted by Crippen LogP contribution is 2.35. The first-order chi connectivity index (χ1) is 12.9. The molecule has 1 aromatic carbocycles. The van der Waals surface area contributed by atoms with E-state index < -0.39 is 0 Å². The quantitative estimate of drug-likeness (QED) is 0.509. The Balaban J connectivity index is 1.53. The predicted octanol–water partition coefficient (Wildman–Crippen LogP) is 4.18. The molecule has 0 saturated heterocycles. The van der Waals surface area contributed by atoms with Crippen LogP contribution in [0.4, 0.5) is 5.69 Å². The van der Waals surface area contributed by atoms with Crippen LogP contribution in [0, 0.1) is 6.92 Å². The third kappa shape index (κ3) is 3.51. The number of thioether (sulfide) groups is 1. The van der Waals surface area contributed by atoms with E-state index in [-0.39, 0.29) is 17.2 Å². The molecule has 1 aliphatic rings. The van der Waals surface area contributed by atoms with Gasteiger partial charge in [0.25, 0.3) is 5.56 Å². The number of rotatable bonds is 4. The van der Waals surface area contributed by atoms with Gasteiger partial charge in [0.1, 0.15) is 4.83 Å². The molecule has 2 heterocycles. The van der Waals surface area contributed by atoms with Crippen LogP contribution < -0.4 is 10.9 Å². The monoisotopic (exact) mass is 419 g/mol. The van der Waals surface area contributed by atoms with Crippen molar-refractivity contribution in [2.24, 2.45) is 7.05 Å². The van der Waals surface area contributed by atoms with E-state index >= 15 is 0 Å². The minimum Gasteiger partial charge on any atom is -0.324 e.